The van der Waals surface area contributed by atoms with E-state index in [1.54, 1.807) is 0 Å². The summed E-state index contributed by atoms with van der Waals surface area (Å²) in [6.07, 6.45) is -0.514. The van der Waals surface area contributed by atoms with Crippen molar-refractivity contribution in [1.82, 2.24) is 0 Å². The highest BCUT2D eigenvalue weighted by Crippen LogP contribution is 2.22. The highest BCUT2D eigenvalue weighted by molar-refractivity contribution is 5.83. The zero-order chi connectivity index (χ0) is 11.5. The molecule has 2 rings (SSSR count). The van der Waals surface area contributed by atoms with Gasteiger partial charge in [0.1, 0.15) is 5.78 Å². The molecular formula is C14H14O2. The van der Waals surface area contributed by atoms with Crippen LogP contribution in [0.4, 0.5) is 0 Å². The van der Waals surface area contributed by atoms with E-state index < -0.39 is 6.10 Å². The molecule has 0 amide bonds. The highest BCUT2D eigenvalue weighted by Gasteiger charge is 2.10. The molecule has 0 radical (unpaired) electrons. The number of aliphatic hydroxyl groups is 1. The Hall–Kier alpha value is -1.67. The molecule has 2 aromatic rings. The van der Waals surface area contributed by atoms with Crippen LogP contribution in [0.15, 0.2) is 42.5 Å². The van der Waals surface area contributed by atoms with Crippen LogP contribution in [0.3, 0.4) is 0 Å². The van der Waals surface area contributed by atoms with E-state index in [1.165, 1.54) is 6.92 Å². The van der Waals surface area contributed by atoms with Gasteiger partial charge in [-0.2, -0.15) is 0 Å². The molecule has 82 valence electrons. The quantitative estimate of drug-likeness (QED) is 0.853. The summed E-state index contributed by atoms with van der Waals surface area (Å²) in [7, 11) is 0. The molecule has 0 bridgehead atoms. The van der Waals surface area contributed by atoms with E-state index >= 15 is 0 Å². The number of rotatable bonds is 3. The van der Waals surface area contributed by atoms with E-state index in [-0.39, 0.29) is 12.2 Å². The third-order valence-electron chi connectivity index (χ3n) is 2.64. The molecule has 16 heavy (non-hydrogen) atoms. The largest absolute Gasteiger partial charge is 0.388 e. The molecule has 0 aliphatic carbocycles. The minimum atomic E-state index is -0.692. The summed E-state index contributed by atoms with van der Waals surface area (Å²) in [5.41, 5.74) is 0.800. The fourth-order valence-electron chi connectivity index (χ4n) is 1.81. The molecule has 0 aromatic heterocycles. The molecule has 0 saturated heterocycles. The summed E-state index contributed by atoms with van der Waals surface area (Å²) < 4.78 is 0. The summed E-state index contributed by atoms with van der Waals surface area (Å²) in [6.45, 7) is 1.49. The predicted molar refractivity (Wildman–Crippen MR) is 64.2 cm³/mol. The van der Waals surface area contributed by atoms with Crippen LogP contribution in [0.1, 0.15) is 25.0 Å². The third kappa shape index (κ3) is 2.28. The monoisotopic (exact) mass is 214 g/mol. The standard InChI is InChI=1S/C14H14O2/c1-10(15)8-14(16)13-7-6-11-4-2-3-5-12(11)9-13/h2-7,9,14,16H,8H2,1H3/t14-/m1/s1. The molecule has 2 nitrogen and oxygen atoms in total. The number of fused-ring (bicyclic) bond motifs is 1. The summed E-state index contributed by atoms with van der Waals surface area (Å²) in [4.78, 5) is 10.9. The molecular weight excluding hydrogens is 200 g/mol. The molecule has 2 aromatic carbocycles. The Morgan fingerprint density at radius 1 is 1.19 bits per heavy atom. The smallest absolute Gasteiger partial charge is 0.132 e. The van der Waals surface area contributed by atoms with E-state index in [1.807, 2.05) is 42.5 Å². The van der Waals surface area contributed by atoms with Crippen molar-refractivity contribution in [3.05, 3.63) is 48.0 Å². The molecule has 1 atom stereocenters. The first kappa shape index (κ1) is 10.8. The number of carbonyl (C=O) groups is 1. The minimum absolute atomic E-state index is 0.000610. The van der Waals surface area contributed by atoms with Crippen molar-refractivity contribution in [3.63, 3.8) is 0 Å². The van der Waals surface area contributed by atoms with Gasteiger partial charge in [0.25, 0.3) is 0 Å². The van der Waals surface area contributed by atoms with Crippen LogP contribution in [-0.4, -0.2) is 10.9 Å². The van der Waals surface area contributed by atoms with Crippen LogP contribution in [0.5, 0.6) is 0 Å². The Bertz CT molecular complexity index is 517. The van der Waals surface area contributed by atoms with Crippen LogP contribution in [0.2, 0.25) is 0 Å². The Morgan fingerprint density at radius 2 is 1.88 bits per heavy atom. The number of hydrogen-bond donors (Lipinski definition) is 1. The van der Waals surface area contributed by atoms with Gasteiger partial charge in [0.15, 0.2) is 0 Å². The van der Waals surface area contributed by atoms with E-state index in [4.69, 9.17) is 0 Å². The lowest BCUT2D eigenvalue weighted by atomic mass is 10.0. The Kier molecular flexibility index (Phi) is 3.02. The van der Waals surface area contributed by atoms with E-state index in [0.29, 0.717) is 0 Å². The number of carbonyl (C=O) groups excluding carboxylic acids is 1. The first-order chi connectivity index (χ1) is 7.66. The normalized spacial score (nSPS) is 12.6. The maximum absolute atomic E-state index is 10.9. The molecule has 1 N–H and O–H groups in total. The van der Waals surface area contributed by atoms with Crippen molar-refractivity contribution >= 4 is 16.6 Å². The van der Waals surface area contributed by atoms with E-state index in [2.05, 4.69) is 0 Å². The number of ketones is 1. The van der Waals surface area contributed by atoms with Gasteiger partial charge in [0.05, 0.1) is 6.10 Å². The van der Waals surface area contributed by atoms with Crippen molar-refractivity contribution < 1.29 is 9.90 Å². The number of aliphatic hydroxyl groups excluding tert-OH is 1. The molecule has 0 heterocycles. The maximum atomic E-state index is 10.9. The van der Waals surface area contributed by atoms with Crippen LogP contribution < -0.4 is 0 Å². The highest BCUT2D eigenvalue weighted by atomic mass is 16.3. The van der Waals surface area contributed by atoms with Crippen LogP contribution in [-0.2, 0) is 4.79 Å². The summed E-state index contributed by atoms with van der Waals surface area (Å²) >= 11 is 0. The Labute approximate surface area is 94.5 Å². The lowest BCUT2D eigenvalue weighted by Crippen LogP contribution is -2.02. The molecule has 0 unspecified atom stereocenters. The van der Waals surface area contributed by atoms with Crippen molar-refractivity contribution in [2.24, 2.45) is 0 Å². The van der Waals surface area contributed by atoms with Gasteiger partial charge in [-0.25, -0.2) is 0 Å². The van der Waals surface area contributed by atoms with Gasteiger partial charge >= 0.3 is 0 Å². The number of benzene rings is 2. The Balaban J connectivity index is 2.35. The van der Waals surface area contributed by atoms with Crippen molar-refractivity contribution in [2.45, 2.75) is 19.4 Å². The average molecular weight is 214 g/mol. The lowest BCUT2D eigenvalue weighted by molar-refractivity contribution is -0.118. The summed E-state index contributed by atoms with van der Waals surface area (Å²) in [5, 5.41) is 12.1. The lowest BCUT2D eigenvalue weighted by Gasteiger charge is -2.09. The topological polar surface area (TPSA) is 37.3 Å². The zero-order valence-electron chi connectivity index (χ0n) is 9.18. The molecule has 0 aliphatic heterocycles. The Morgan fingerprint density at radius 3 is 2.56 bits per heavy atom. The van der Waals surface area contributed by atoms with Gasteiger partial charge in [-0.3, -0.25) is 4.79 Å². The fraction of sp³-hybridized carbons (Fsp3) is 0.214. The first-order valence-corrected chi connectivity index (χ1v) is 5.33. The van der Waals surface area contributed by atoms with Gasteiger partial charge in [-0.15, -0.1) is 0 Å². The zero-order valence-corrected chi connectivity index (χ0v) is 9.18. The SMILES string of the molecule is CC(=O)C[C@@H](O)c1ccc2ccccc2c1. The molecule has 0 spiro atoms. The molecule has 0 fully saturated rings. The van der Waals surface area contributed by atoms with Crippen molar-refractivity contribution in [2.75, 3.05) is 0 Å². The fourth-order valence-corrected chi connectivity index (χ4v) is 1.81. The molecule has 0 aliphatic rings. The first-order valence-electron chi connectivity index (χ1n) is 5.33. The second-order valence-electron chi connectivity index (χ2n) is 4.03. The van der Waals surface area contributed by atoms with Crippen molar-refractivity contribution in [1.29, 1.82) is 0 Å². The third-order valence-corrected chi connectivity index (χ3v) is 2.64. The summed E-state index contributed by atoms with van der Waals surface area (Å²) in [5.74, 6) is 0.000610. The second-order valence-corrected chi connectivity index (χ2v) is 4.03. The van der Waals surface area contributed by atoms with Gasteiger partial charge in [-0.1, -0.05) is 36.4 Å². The number of hydrogen-bond acceptors (Lipinski definition) is 2. The predicted octanol–water partition coefficient (Wildman–Crippen LogP) is 2.85. The van der Waals surface area contributed by atoms with Gasteiger partial charge < -0.3 is 5.11 Å². The van der Waals surface area contributed by atoms with Crippen LogP contribution in [0, 0.1) is 0 Å². The molecule has 0 saturated carbocycles. The van der Waals surface area contributed by atoms with Crippen molar-refractivity contribution in [3.8, 4) is 0 Å². The van der Waals surface area contributed by atoms with Crippen LogP contribution in [0.25, 0.3) is 10.8 Å². The van der Waals surface area contributed by atoms with Gasteiger partial charge in [0, 0.05) is 6.42 Å². The second kappa shape index (κ2) is 4.45. The summed E-state index contributed by atoms with van der Waals surface area (Å²) in [6, 6.07) is 13.7. The number of Topliss-reactive ketones (excluding diaryl/α,β-unsaturated/α-hetero) is 1. The average Bonchev–Trinajstić information content (AvgIpc) is 2.27. The molecule has 2 heteroatoms. The van der Waals surface area contributed by atoms with E-state index in [9.17, 15) is 9.90 Å². The maximum Gasteiger partial charge on any atom is 0.132 e. The van der Waals surface area contributed by atoms with Crippen LogP contribution >= 0.6 is 0 Å². The minimum Gasteiger partial charge on any atom is -0.388 e. The van der Waals surface area contributed by atoms with Gasteiger partial charge in [-0.05, 0) is 29.3 Å². The van der Waals surface area contributed by atoms with Gasteiger partial charge in [0.2, 0.25) is 0 Å². The van der Waals surface area contributed by atoms with E-state index in [0.717, 1.165) is 16.3 Å².